The van der Waals surface area contributed by atoms with E-state index in [1.165, 1.54) is 18.5 Å². The summed E-state index contributed by atoms with van der Waals surface area (Å²) in [6.07, 6.45) is 1.46. The van der Waals surface area contributed by atoms with Crippen molar-refractivity contribution >= 4 is 16.7 Å². The number of nitrogens with one attached hydrogen (secondary N) is 2. The van der Waals surface area contributed by atoms with Gasteiger partial charge in [0, 0.05) is 18.5 Å². The molecule has 8 nitrogen and oxygen atoms in total. The molecule has 0 radical (unpaired) electrons. The molecule has 0 spiro atoms. The molecule has 0 bridgehead atoms. The summed E-state index contributed by atoms with van der Waals surface area (Å²) >= 11 is 0. The number of fused-ring (bicyclic) bond motifs is 1. The first kappa shape index (κ1) is 22.1. The minimum absolute atomic E-state index is 0.0437. The molecule has 1 aliphatic heterocycles. The van der Waals surface area contributed by atoms with Crippen molar-refractivity contribution in [1.29, 1.82) is 0 Å². The van der Waals surface area contributed by atoms with Crippen molar-refractivity contribution in [2.24, 2.45) is 0 Å². The number of ether oxygens (including phenoxy) is 2. The minimum atomic E-state index is -0.284. The van der Waals surface area contributed by atoms with Crippen LogP contribution < -0.4 is 15.4 Å². The fourth-order valence-electron chi connectivity index (χ4n) is 3.80. The van der Waals surface area contributed by atoms with Gasteiger partial charge in [-0.2, -0.15) is 10.2 Å². The van der Waals surface area contributed by atoms with E-state index in [9.17, 15) is 4.39 Å². The van der Waals surface area contributed by atoms with Crippen LogP contribution in [0.15, 0.2) is 54.9 Å². The van der Waals surface area contributed by atoms with Gasteiger partial charge >= 0.3 is 0 Å². The summed E-state index contributed by atoms with van der Waals surface area (Å²) < 4.78 is 25.5. The zero-order valence-corrected chi connectivity index (χ0v) is 18.8. The Balaban J connectivity index is 1.49. The zero-order valence-electron chi connectivity index (χ0n) is 18.8. The zero-order chi connectivity index (χ0) is 23.3. The van der Waals surface area contributed by atoms with Crippen molar-refractivity contribution < 1.29 is 13.9 Å². The predicted molar refractivity (Wildman–Crippen MR) is 127 cm³/mol. The monoisotopic (exact) mass is 460 g/mol. The number of hydrogen-bond acceptors (Lipinski definition) is 8. The fraction of sp³-hybridized carbons (Fsp3) is 0.280. The Morgan fingerprint density at radius 3 is 2.74 bits per heavy atom. The molecule has 1 aliphatic rings. The molecule has 4 aromatic rings. The standard InChI is InChI=1S/C25H25FN6O2/c1-16-2-7-20(32-31-16)12-28-25-22-10-18(17-3-5-19(26)6-4-17)11-23(24(22)29-15-30-25)34-14-21-13-27-8-9-33-21/h2-7,10-11,15,21,27H,8-9,12-14H2,1H3,(H,28,29,30). The van der Waals surface area contributed by atoms with Crippen LogP contribution in [0.2, 0.25) is 0 Å². The average Bonchev–Trinajstić information content (AvgIpc) is 2.88. The van der Waals surface area contributed by atoms with E-state index in [1.54, 1.807) is 12.1 Å². The molecule has 1 atom stereocenters. The van der Waals surface area contributed by atoms with Crippen molar-refractivity contribution in [3.8, 4) is 16.9 Å². The molecule has 1 fully saturated rings. The Morgan fingerprint density at radius 2 is 1.97 bits per heavy atom. The van der Waals surface area contributed by atoms with E-state index in [0.717, 1.165) is 41.0 Å². The van der Waals surface area contributed by atoms with Crippen LogP contribution in [0.3, 0.4) is 0 Å². The lowest BCUT2D eigenvalue weighted by Crippen LogP contribution is -2.41. The lowest BCUT2D eigenvalue weighted by atomic mass is 10.0. The molecule has 2 aromatic heterocycles. The Labute approximate surface area is 196 Å². The number of anilines is 1. The topological polar surface area (TPSA) is 94.1 Å². The Morgan fingerprint density at radius 1 is 1.09 bits per heavy atom. The van der Waals surface area contributed by atoms with Crippen LogP contribution in [0.1, 0.15) is 11.4 Å². The summed E-state index contributed by atoms with van der Waals surface area (Å²) in [5.41, 5.74) is 4.08. The molecule has 0 saturated carbocycles. The molecule has 1 saturated heterocycles. The maximum Gasteiger partial charge on any atom is 0.146 e. The van der Waals surface area contributed by atoms with Crippen molar-refractivity contribution in [2.75, 3.05) is 31.6 Å². The van der Waals surface area contributed by atoms with Gasteiger partial charge in [0.1, 0.15) is 41.9 Å². The molecule has 174 valence electrons. The van der Waals surface area contributed by atoms with Crippen LogP contribution in [0.4, 0.5) is 10.2 Å². The van der Waals surface area contributed by atoms with Crippen molar-refractivity contribution in [3.63, 3.8) is 0 Å². The van der Waals surface area contributed by atoms with Gasteiger partial charge in [-0.05, 0) is 54.4 Å². The third-order valence-electron chi connectivity index (χ3n) is 5.60. The van der Waals surface area contributed by atoms with Gasteiger partial charge in [0.25, 0.3) is 0 Å². The molecule has 0 amide bonds. The number of rotatable bonds is 7. The van der Waals surface area contributed by atoms with Crippen LogP contribution in [0, 0.1) is 12.7 Å². The van der Waals surface area contributed by atoms with Crippen LogP contribution in [0.25, 0.3) is 22.0 Å². The highest BCUT2D eigenvalue weighted by molar-refractivity contribution is 5.96. The molecule has 1 unspecified atom stereocenters. The van der Waals surface area contributed by atoms with Gasteiger partial charge in [0.2, 0.25) is 0 Å². The van der Waals surface area contributed by atoms with Gasteiger partial charge in [-0.25, -0.2) is 14.4 Å². The first-order valence-corrected chi connectivity index (χ1v) is 11.2. The summed E-state index contributed by atoms with van der Waals surface area (Å²) in [5, 5.41) is 15.8. The first-order chi connectivity index (χ1) is 16.7. The van der Waals surface area contributed by atoms with E-state index < -0.39 is 0 Å². The number of benzene rings is 2. The maximum atomic E-state index is 13.5. The highest BCUT2D eigenvalue weighted by Crippen LogP contribution is 2.34. The quantitative estimate of drug-likeness (QED) is 0.433. The minimum Gasteiger partial charge on any atom is -0.489 e. The Hall–Kier alpha value is -3.69. The smallest absolute Gasteiger partial charge is 0.146 e. The van der Waals surface area contributed by atoms with E-state index in [1.807, 2.05) is 31.2 Å². The highest BCUT2D eigenvalue weighted by atomic mass is 19.1. The number of aryl methyl sites for hydroxylation is 1. The molecular formula is C25H25FN6O2. The van der Waals surface area contributed by atoms with E-state index >= 15 is 0 Å². The van der Waals surface area contributed by atoms with Crippen LogP contribution >= 0.6 is 0 Å². The van der Waals surface area contributed by atoms with Crippen molar-refractivity contribution in [2.45, 2.75) is 19.6 Å². The number of aromatic nitrogens is 4. The predicted octanol–water partition coefficient (Wildman–Crippen LogP) is 3.51. The Bertz CT molecular complexity index is 1260. The van der Waals surface area contributed by atoms with Gasteiger partial charge in [0.15, 0.2) is 0 Å². The van der Waals surface area contributed by atoms with Gasteiger partial charge < -0.3 is 20.1 Å². The van der Waals surface area contributed by atoms with Crippen molar-refractivity contribution in [3.05, 3.63) is 72.1 Å². The first-order valence-electron chi connectivity index (χ1n) is 11.2. The lowest BCUT2D eigenvalue weighted by Gasteiger charge is -2.24. The Kier molecular flexibility index (Phi) is 6.55. The molecule has 3 heterocycles. The molecule has 9 heteroatoms. The lowest BCUT2D eigenvalue weighted by molar-refractivity contribution is 0.000483. The number of nitrogens with zero attached hydrogens (tertiary/aromatic N) is 4. The largest absolute Gasteiger partial charge is 0.489 e. The summed E-state index contributed by atoms with van der Waals surface area (Å²) in [5.74, 6) is 0.983. The number of halogens is 1. The maximum absolute atomic E-state index is 13.5. The number of hydrogen-bond donors (Lipinski definition) is 2. The third kappa shape index (κ3) is 5.11. The molecule has 0 aliphatic carbocycles. The molecular weight excluding hydrogens is 435 g/mol. The van der Waals surface area contributed by atoms with E-state index in [2.05, 4.69) is 30.8 Å². The van der Waals surface area contributed by atoms with Crippen LogP contribution in [-0.2, 0) is 11.3 Å². The number of morpholine rings is 1. The SMILES string of the molecule is Cc1ccc(CNc2ncnc3c(OCC4CNCCO4)cc(-c4ccc(F)cc4)cc23)nn1. The summed E-state index contributed by atoms with van der Waals surface area (Å²) in [7, 11) is 0. The summed E-state index contributed by atoms with van der Waals surface area (Å²) in [6.45, 7) is 4.97. The van der Waals surface area contributed by atoms with Crippen molar-refractivity contribution in [1.82, 2.24) is 25.5 Å². The highest BCUT2D eigenvalue weighted by Gasteiger charge is 2.17. The molecule has 2 N–H and O–H groups in total. The summed E-state index contributed by atoms with van der Waals surface area (Å²) in [6, 6.07) is 14.1. The van der Waals surface area contributed by atoms with Crippen LogP contribution in [0.5, 0.6) is 5.75 Å². The van der Waals surface area contributed by atoms with Gasteiger partial charge in [-0.1, -0.05) is 12.1 Å². The summed E-state index contributed by atoms with van der Waals surface area (Å²) in [4.78, 5) is 8.96. The van der Waals surface area contributed by atoms with Crippen LogP contribution in [-0.4, -0.2) is 52.6 Å². The van der Waals surface area contributed by atoms with E-state index in [-0.39, 0.29) is 11.9 Å². The fourth-order valence-corrected chi connectivity index (χ4v) is 3.80. The molecule has 5 rings (SSSR count). The average molecular weight is 461 g/mol. The normalized spacial score (nSPS) is 15.9. The van der Waals surface area contributed by atoms with Gasteiger partial charge in [0.05, 0.1) is 24.5 Å². The second-order valence-electron chi connectivity index (χ2n) is 8.13. The van der Waals surface area contributed by atoms with E-state index in [0.29, 0.717) is 36.8 Å². The molecule has 2 aromatic carbocycles. The molecule has 34 heavy (non-hydrogen) atoms. The van der Waals surface area contributed by atoms with E-state index in [4.69, 9.17) is 9.47 Å². The second-order valence-corrected chi connectivity index (χ2v) is 8.13. The third-order valence-corrected chi connectivity index (χ3v) is 5.60. The second kappa shape index (κ2) is 10.1. The van der Waals surface area contributed by atoms with Gasteiger partial charge in [-0.15, -0.1) is 0 Å². The van der Waals surface area contributed by atoms with Gasteiger partial charge in [-0.3, -0.25) is 0 Å².